The SMILES string of the molecule is CN=C(NCCn1cccn1)Nc1ccc(OC)c(OC)c1.I. The second-order valence-corrected chi connectivity index (χ2v) is 4.46. The van der Waals surface area contributed by atoms with Gasteiger partial charge in [0.15, 0.2) is 17.5 Å². The van der Waals surface area contributed by atoms with Gasteiger partial charge in [-0.25, -0.2) is 0 Å². The van der Waals surface area contributed by atoms with Crippen molar-refractivity contribution in [3.8, 4) is 11.5 Å². The van der Waals surface area contributed by atoms with E-state index in [1.165, 1.54) is 0 Å². The van der Waals surface area contributed by atoms with Gasteiger partial charge >= 0.3 is 0 Å². The van der Waals surface area contributed by atoms with Crippen molar-refractivity contribution in [2.75, 3.05) is 33.1 Å². The Morgan fingerprint density at radius 1 is 1.26 bits per heavy atom. The van der Waals surface area contributed by atoms with Gasteiger partial charge in [0.1, 0.15) is 0 Å². The third-order valence-corrected chi connectivity index (χ3v) is 3.06. The van der Waals surface area contributed by atoms with Gasteiger partial charge in [0.25, 0.3) is 0 Å². The Balaban J connectivity index is 0.00000264. The molecular formula is C15H22IN5O2. The molecule has 0 aliphatic rings. The number of hydrogen-bond acceptors (Lipinski definition) is 4. The molecule has 8 heteroatoms. The molecule has 1 aromatic carbocycles. The third-order valence-electron chi connectivity index (χ3n) is 3.06. The van der Waals surface area contributed by atoms with Crippen LogP contribution in [0.5, 0.6) is 11.5 Å². The van der Waals surface area contributed by atoms with Gasteiger partial charge in [-0.15, -0.1) is 24.0 Å². The van der Waals surface area contributed by atoms with Crippen molar-refractivity contribution >= 4 is 35.6 Å². The van der Waals surface area contributed by atoms with E-state index in [1.54, 1.807) is 27.5 Å². The molecule has 0 amide bonds. The predicted octanol–water partition coefficient (Wildman–Crippen LogP) is 2.21. The van der Waals surface area contributed by atoms with Crippen molar-refractivity contribution in [1.29, 1.82) is 0 Å². The molecule has 0 unspecified atom stereocenters. The highest BCUT2D eigenvalue weighted by Gasteiger charge is 2.06. The Bertz CT molecular complexity index is 616. The summed E-state index contributed by atoms with van der Waals surface area (Å²) in [6, 6.07) is 7.51. The van der Waals surface area contributed by atoms with E-state index in [0.29, 0.717) is 24.0 Å². The number of aliphatic imine (C=N–C) groups is 1. The van der Waals surface area contributed by atoms with E-state index in [1.807, 2.05) is 35.1 Å². The summed E-state index contributed by atoms with van der Waals surface area (Å²) in [5.74, 6) is 2.04. The monoisotopic (exact) mass is 431 g/mol. The van der Waals surface area contributed by atoms with E-state index in [4.69, 9.17) is 9.47 Å². The summed E-state index contributed by atoms with van der Waals surface area (Å²) < 4.78 is 12.4. The van der Waals surface area contributed by atoms with E-state index in [9.17, 15) is 0 Å². The maximum atomic E-state index is 5.29. The molecule has 2 aromatic rings. The van der Waals surface area contributed by atoms with Crippen LogP contribution in [0.2, 0.25) is 0 Å². The summed E-state index contributed by atoms with van der Waals surface area (Å²) in [6.07, 6.45) is 3.68. The van der Waals surface area contributed by atoms with Gasteiger partial charge in [-0.2, -0.15) is 5.10 Å². The van der Waals surface area contributed by atoms with E-state index in [0.717, 1.165) is 12.2 Å². The number of ether oxygens (including phenoxy) is 2. The predicted molar refractivity (Wildman–Crippen MR) is 102 cm³/mol. The zero-order chi connectivity index (χ0) is 15.8. The fourth-order valence-corrected chi connectivity index (χ4v) is 1.95. The van der Waals surface area contributed by atoms with Crippen molar-refractivity contribution in [3.63, 3.8) is 0 Å². The van der Waals surface area contributed by atoms with Crippen LogP contribution in [0, 0.1) is 0 Å². The van der Waals surface area contributed by atoms with E-state index >= 15 is 0 Å². The second kappa shape index (κ2) is 9.93. The van der Waals surface area contributed by atoms with Crippen molar-refractivity contribution in [2.45, 2.75) is 6.54 Å². The first kappa shape index (κ1) is 19.1. The average molecular weight is 431 g/mol. The lowest BCUT2D eigenvalue weighted by atomic mass is 10.3. The number of methoxy groups -OCH3 is 2. The van der Waals surface area contributed by atoms with Gasteiger partial charge in [0.05, 0.1) is 20.8 Å². The molecule has 126 valence electrons. The van der Waals surface area contributed by atoms with Gasteiger partial charge < -0.3 is 20.1 Å². The Hall–Kier alpha value is -1.97. The maximum absolute atomic E-state index is 5.29. The molecule has 23 heavy (non-hydrogen) atoms. The van der Waals surface area contributed by atoms with E-state index in [2.05, 4.69) is 20.7 Å². The number of hydrogen-bond donors (Lipinski definition) is 2. The molecule has 0 aliphatic heterocycles. The smallest absolute Gasteiger partial charge is 0.195 e. The van der Waals surface area contributed by atoms with Gasteiger partial charge in [0.2, 0.25) is 0 Å². The van der Waals surface area contributed by atoms with Crippen LogP contribution in [-0.2, 0) is 6.54 Å². The highest BCUT2D eigenvalue weighted by Crippen LogP contribution is 2.29. The van der Waals surface area contributed by atoms with Gasteiger partial charge in [0, 0.05) is 37.7 Å². The van der Waals surface area contributed by atoms with Crippen LogP contribution in [0.25, 0.3) is 0 Å². The molecule has 0 spiro atoms. The van der Waals surface area contributed by atoms with Gasteiger partial charge in [-0.1, -0.05) is 0 Å². The lowest BCUT2D eigenvalue weighted by Crippen LogP contribution is -2.33. The van der Waals surface area contributed by atoms with Crippen LogP contribution in [-0.4, -0.2) is 43.6 Å². The summed E-state index contributed by atoms with van der Waals surface area (Å²) in [4.78, 5) is 4.19. The van der Waals surface area contributed by atoms with Crippen LogP contribution < -0.4 is 20.1 Å². The summed E-state index contributed by atoms with van der Waals surface area (Å²) in [5.41, 5.74) is 0.866. The van der Waals surface area contributed by atoms with E-state index in [-0.39, 0.29) is 24.0 Å². The first-order chi connectivity index (χ1) is 10.8. The molecule has 0 atom stereocenters. The topological polar surface area (TPSA) is 72.7 Å². The molecule has 0 aliphatic carbocycles. The van der Waals surface area contributed by atoms with Crippen LogP contribution in [0.4, 0.5) is 5.69 Å². The maximum Gasteiger partial charge on any atom is 0.195 e. The molecule has 0 radical (unpaired) electrons. The van der Waals surface area contributed by atoms with Crippen LogP contribution >= 0.6 is 24.0 Å². The summed E-state index contributed by atoms with van der Waals surface area (Å²) in [7, 11) is 4.95. The zero-order valence-corrected chi connectivity index (χ0v) is 15.8. The molecule has 1 aromatic heterocycles. The minimum Gasteiger partial charge on any atom is -0.493 e. The lowest BCUT2D eigenvalue weighted by molar-refractivity contribution is 0.355. The summed E-state index contributed by atoms with van der Waals surface area (Å²) in [5, 5.41) is 10.6. The van der Waals surface area contributed by atoms with Crippen LogP contribution in [0.3, 0.4) is 0 Å². The van der Waals surface area contributed by atoms with Crippen molar-refractivity contribution < 1.29 is 9.47 Å². The standard InChI is InChI=1S/C15H21N5O2.HI/c1-16-15(17-8-10-20-9-4-7-18-20)19-12-5-6-13(21-2)14(11-12)22-3;/h4-7,9,11H,8,10H2,1-3H3,(H2,16,17,19);1H. The van der Waals surface area contributed by atoms with Crippen LogP contribution in [0.1, 0.15) is 0 Å². The third kappa shape index (κ3) is 5.62. The Morgan fingerprint density at radius 3 is 2.65 bits per heavy atom. The lowest BCUT2D eigenvalue weighted by Gasteiger charge is -2.14. The van der Waals surface area contributed by atoms with Crippen molar-refractivity contribution in [3.05, 3.63) is 36.7 Å². The number of guanidine groups is 1. The number of nitrogens with one attached hydrogen (secondary N) is 2. The summed E-state index contributed by atoms with van der Waals surface area (Å²) in [6.45, 7) is 1.48. The molecule has 2 rings (SSSR count). The van der Waals surface area contributed by atoms with Crippen LogP contribution in [0.15, 0.2) is 41.7 Å². The Labute approximate surface area is 153 Å². The van der Waals surface area contributed by atoms with Crippen molar-refractivity contribution in [2.24, 2.45) is 4.99 Å². The molecule has 1 heterocycles. The number of aromatic nitrogens is 2. The number of benzene rings is 1. The highest BCUT2D eigenvalue weighted by atomic mass is 127. The average Bonchev–Trinajstić information content (AvgIpc) is 3.07. The number of halogens is 1. The van der Waals surface area contributed by atoms with Gasteiger partial charge in [-0.3, -0.25) is 9.67 Å². The zero-order valence-electron chi connectivity index (χ0n) is 13.4. The number of anilines is 1. The fourth-order valence-electron chi connectivity index (χ4n) is 1.95. The quantitative estimate of drug-likeness (QED) is 0.417. The first-order valence-electron chi connectivity index (χ1n) is 6.94. The van der Waals surface area contributed by atoms with E-state index < -0.39 is 0 Å². The molecule has 7 nitrogen and oxygen atoms in total. The normalized spacial score (nSPS) is 10.7. The Kier molecular flexibility index (Phi) is 8.23. The molecule has 0 saturated heterocycles. The fraction of sp³-hybridized carbons (Fsp3) is 0.333. The van der Waals surface area contributed by atoms with Crippen molar-refractivity contribution in [1.82, 2.24) is 15.1 Å². The number of rotatable bonds is 6. The van der Waals surface area contributed by atoms with Gasteiger partial charge in [-0.05, 0) is 18.2 Å². The minimum absolute atomic E-state index is 0. The molecule has 0 fully saturated rings. The summed E-state index contributed by atoms with van der Waals surface area (Å²) >= 11 is 0. The largest absolute Gasteiger partial charge is 0.493 e. The molecule has 0 bridgehead atoms. The first-order valence-corrected chi connectivity index (χ1v) is 6.94. The molecule has 0 saturated carbocycles. The molecule has 2 N–H and O–H groups in total. The minimum atomic E-state index is 0. The second-order valence-electron chi connectivity index (χ2n) is 4.46. The highest BCUT2D eigenvalue weighted by molar-refractivity contribution is 14.0. The Morgan fingerprint density at radius 2 is 2.04 bits per heavy atom. The molecular weight excluding hydrogens is 409 g/mol. The number of nitrogens with zero attached hydrogens (tertiary/aromatic N) is 3.